The van der Waals surface area contributed by atoms with E-state index in [1.807, 2.05) is 30.3 Å². The number of nitrogens with one attached hydrogen (secondary N) is 1. The fourth-order valence-electron chi connectivity index (χ4n) is 4.13. The number of piperidine rings is 1. The summed E-state index contributed by atoms with van der Waals surface area (Å²) < 4.78 is 26.9. The second kappa shape index (κ2) is 11.3. The largest absolute Gasteiger partial charge is 0.493 e. The van der Waals surface area contributed by atoms with Crippen LogP contribution in [0.4, 0.5) is 5.69 Å². The topological polar surface area (TPSA) is 105 Å². The molecule has 1 aliphatic heterocycles. The van der Waals surface area contributed by atoms with Crippen LogP contribution in [-0.2, 0) is 0 Å². The quantitative estimate of drug-likeness (QED) is 0.447. The molecule has 11 nitrogen and oxygen atoms in total. The Bertz CT molecular complexity index is 1190. The third-order valence-corrected chi connectivity index (χ3v) is 6.42. The third kappa shape index (κ3) is 5.23. The van der Waals surface area contributed by atoms with E-state index in [-0.39, 0.29) is 6.04 Å². The molecule has 0 spiro atoms. The van der Waals surface area contributed by atoms with Crippen LogP contribution in [0.2, 0.25) is 0 Å². The van der Waals surface area contributed by atoms with Crippen LogP contribution in [0.5, 0.6) is 28.7 Å². The molecule has 12 heteroatoms. The lowest BCUT2D eigenvalue weighted by molar-refractivity contribution is 0.238. The molecule has 2 aromatic carbocycles. The molecule has 0 atom stereocenters. The van der Waals surface area contributed by atoms with Gasteiger partial charge in [-0.25, -0.2) is 0 Å². The molecule has 1 aliphatic rings. The van der Waals surface area contributed by atoms with Gasteiger partial charge in [-0.2, -0.15) is 4.80 Å². The number of tetrazole rings is 1. The number of rotatable bonds is 8. The van der Waals surface area contributed by atoms with Gasteiger partial charge >= 0.3 is 0 Å². The Labute approximate surface area is 215 Å². The number of hydrogen-bond donors (Lipinski definition) is 1. The van der Waals surface area contributed by atoms with Crippen molar-refractivity contribution in [2.75, 3.05) is 54.0 Å². The summed E-state index contributed by atoms with van der Waals surface area (Å²) in [6.45, 7) is 1.52. The van der Waals surface area contributed by atoms with Crippen LogP contribution in [0.15, 0.2) is 30.3 Å². The van der Waals surface area contributed by atoms with E-state index in [0.29, 0.717) is 39.7 Å². The molecule has 4 rings (SSSR count). The Morgan fingerprint density at radius 1 is 0.861 bits per heavy atom. The van der Waals surface area contributed by atoms with Gasteiger partial charge in [-0.05, 0) is 48.5 Å². The second-order valence-electron chi connectivity index (χ2n) is 8.07. The van der Waals surface area contributed by atoms with E-state index in [1.165, 1.54) is 0 Å². The number of nitrogens with zero attached hydrogens (tertiary/aromatic N) is 5. The summed E-state index contributed by atoms with van der Waals surface area (Å²) in [6, 6.07) is 9.35. The van der Waals surface area contributed by atoms with Crippen LogP contribution in [0.3, 0.4) is 0 Å². The van der Waals surface area contributed by atoms with Crippen molar-refractivity contribution in [2.24, 2.45) is 0 Å². The average Bonchev–Trinajstić information content (AvgIpc) is 3.42. The number of benzene rings is 2. The molecule has 0 amide bonds. The van der Waals surface area contributed by atoms with Crippen molar-refractivity contribution < 1.29 is 23.7 Å². The molecular formula is C24H30N6O5S. The first-order valence-electron chi connectivity index (χ1n) is 11.4. The van der Waals surface area contributed by atoms with Gasteiger partial charge in [0.2, 0.25) is 11.6 Å². The first-order valence-corrected chi connectivity index (χ1v) is 11.8. The highest BCUT2D eigenvalue weighted by atomic mass is 32.1. The summed E-state index contributed by atoms with van der Waals surface area (Å²) in [5.74, 6) is 3.46. The number of methoxy groups -OCH3 is 5. The lowest BCUT2D eigenvalue weighted by Crippen LogP contribution is -2.41. The van der Waals surface area contributed by atoms with Gasteiger partial charge in [-0.1, -0.05) is 0 Å². The van der Waals surface area contributed by atoms with Crippen LogP contribution in [0.1, 0.15) is 18.9 Å². The molecule has 1 aromatic heterocycles. The molecule has 0 aliphatic carbocycles. The normalized spacial score (nSPS) is 13.8. The lowest BCUT2D eigenvalue weighted by atomic mass is 10.1. The molecule has 36 heavy (non-hydrogen) atoms. The van der Waals surface area contributed by atoms with Gasteiger partial charge in [-0.15, -0.1) is 10.2 Å². The molecule has 0 radical (unpaired) electrons. The Morgan fingerprint density at radius 3 is 2.08 bits per heavy atom. The summed E-state index contributed by atoms with van der Waals surface area (Å²) >= 11 is 5.67. The maximum Gasteiger partial charge on any atom is 0.205 e. The first-order chi connectivity index (χ1) is 17.5. The summed E-state index contributed by atoms with van der Waals surface area (Å²) in [6.07, 6.45) is 1.66. The smallest absolute Gasteiger partial charge is 0.205 e. The minimum Gasteiger partial charge on any atom is -0.493 e. The van der Waals surface area contributed by atoms with Gasteiger partial charge in [0, 0.05) is 36.5 Å². The number of likely N-dealkylation sites (tertiary alicyclic amines) is 1. The molecule has 192 valence electrons. The van der Waals surface area contributed by atoms with E-state index in [1.54, 1.807) is 40.3 Å². The minimum absolute atomic E-state index is 0.131. The molecule has 0 bridgehead atoms. The van der Waals surface area contributed by atoms with Crippen molar-refractivity contribution in [1.82, 2.24) is 25.1 Å². The van der Waals surface area contributed by atoms with Gasteiger partial charge in [0.15, 0.2) is 28.1 Å². The zero-order valence-corrected chi connectivity index (χ0v) is 21.8. The Morgan fingerprint density at radius 2 is 1.50 bits per heavy atom. The van der Waals surface area contributed by atoms with Crippen LogP contribution in [0.25, 0.3) is 11.4 Å². The number of hydrogen-bond acceptors (Lipinski definition) is 9. The maximum absolute atomic E-state index is 5.67. The zero-order valence-electron chi connectivity index (χ0n) is 21.0. The van der Waals surface area contributed by atoms with E-state index in [4.69, 9.17) is 35.9 Å². The fourth-order valence-corrected chi connectivity index (χ4v) is 4.43. The van der Waals surface area contributed by atoms with E-state index >= 15 is 0 Å². The van der Waals surface area contributed by atoms with E-state index < -0.39 is 0 Å². The highest BCUT2D eigenvalue weighted by Crippen LogP contribution is 2.40. The van der Waals surface area contributed by atoms with E-state index in [9.17, 15) is 0 Å². The van der Waals surface area contributed by atoms with Gasteiger partial charge in [0.1, 0.15) is 0 Å². The molecule has 2 heterocycles. The predicted molar refractivity (Wildman–Crippen MR) is 139 cm³/mol. The van der Waals surface area contributed by atoms with E-state index in [0.717, 1.165) is 37.2 Å². The van der Waals surface area contributed by atoms with Crippen molar-refractivity contribution in [2.45, 2.75) is 18.9 Å². The maximum atomic E-state index is 5.67. The van der Waals surface area contributed by atoms with Crippen molar-refractivity contribution in [3.05, 3.63) is 30.3 Å². The van der Waals surface area contributed by atoms with Crippen LogP contribution in [-0.4, -0.2) is 78.9 Å². The Balaban J connectivity index is 1.38. The number of aromatic nitrogens is 4. The van der Waals surface area contributed by atoms with Gasteiger partial charge in [-0.3, -0.25) is 0 Å². The first kappa shape index (κ1) is 25.3. The highest BCUT2D eigenvalue weighted by Gasteiger charge is 2.25. The summed E-state index contributed by atoms with van der Waals surface area (Å²) in [5.41, 5.74) is 1.57. The monoisotopic (exact) mass is 514 g/mol. The van der Waals surface area contributed by atoms with Gasteiger partial charge in [0.25, 0.3) is 0 Å². The van der Waals surface area contributed by atoms with Crippen molar-refractivity contribution in [3.63, 3.8) is 0 Å². The molecule has 1 fully saturated rings. The molecule has 0 unspecified atom stereocenters. The van der Waals surface area contributed by atoms with E-state index in [2.05, 4.69) is 25.6 Å². The number of ether oxygens (including phenoxy) is 5. The third-order valence-electron chi connectivity index (χ3n) is 6.06. The molecule has 3 aromatic rings. The second-order valence-corrected chi connectivity index (χ2v) is 8.45. The molecule has 1 N–H and O–H groups in total. The van der Waals surface area contributed by atoms with Crippen molar-refractivity contribution >= 4 is 23.0 Å². The summed E-state index contributed by atoms with van der Waals surface area (Å²) in [4.78, 5) is 3.82. The zero-order chi connectivity index (χ0) is 25.7. The Hall–Kier alpha value is -3.80. The lowest BCUT2D eigenvalue weighted by Gasteiger charge is -2.33. The SMILES string of the molecule is COc1ccc(-c2nnn(C3CCN(C(=S)Nc4cc(OC)c(OC)c(OC)c4)CC3)n2)cc1OC. The predicted octanol–water partition coefficient (Wildman–Crippen LogP) is 3.42. The Kier molecular flexibility index (Phi) is 7.93. The van der Waals surface area contributed by atoms with Gasteiger partial charge in [0.05, 0.1) is 41.6 Å². The van der Waals surface area contributed by atoms with Crippen molar-refractivity contribution in [1.29, 1.82) is 0 Å². The van der Waals surface area contributed by atoms with Crippen LogP contribution in [0, 0.1) is 0 Å². The molecular weight excluding hydrogens is 484 g/mol. The van der Waals surface area contributed by atoms with Crippen LogP contribution < -0.4 is 29.0 Å². The number of anilines is 1. The highest BCUT2D eigenvalue weighted by molar-refractivity contribution is 7.80. The number of thiocarbonyl (C=S) groups is 1. The molecule has 0 saturated carbocycles. The van der Waals surface area contributed by atoms with Gasteiger partial charge < -0.3 is 33.9 Å². The summed E-state index contributed by atoms with van der Waals surface area (Å²) in [7, 11) is 7.94. The minimum atomic E-state index is 0.131. The fraction of sp³-hybridized carbons (Fsp3) is 0.417. The molecule has 1 saturated heterocycles. The summed E-state index contributed by atoms with van der Waals surface area (Å²) in [5, 5.41) is 17.1. The van der Waals surface area contributed by atoms with Crippen molar-refractivity contribution in [3.8, 4) is 40.1 Å². The average molecular weight is 515 g/mol. The standard InChI is InChI=1S/C24H30N6O5S/c1-31-18-7-6-15(12-19(18)32-2)23-26-28-30(27-23)17-8-10-29(11-9-17)24(36)25-16-13-20(33-3)22(35-5)21(14-16)34-4/h6-7,12-14,17H,8-11H2,1-5H3,(H,25,36). The van der Waals surface area contributed by atoms with Crippen LogP contribution >= 0.6 is 12.2 Å².